The van der Waals surface area contributed by atoms with Crippen molar-refractivity contribution < 1.29 is 8.78 Å². The van der Waals surface area contributed by atoms with Gasteiger partial charge in [-0.05, 0) is 32.8 Å². The van der Waals surface area contributed by atoms with Crippen LogP contribution in [0.3, 0.4) is 0 Å². The summed E-state index contributed by atoms with van der Waals surface area (Å²) in [5.74, 6) is -1.45. The van der Waals surface area contributed by atoms with E-state index in [4.69, 9.17) is 0 Å². The molecule has 2 aromatic heterocycles. The summed E-state index contributed by atoms with van der Waals surface area (Å²) >= 11 is 0. The van der Waals surface area contributed by atoms with Crippen LogP contribution >= 0.6 is 0 Å². The molecule has 0 spiro atoms. The number of aryl methyl sites for hydroxylation is 3. The third-order valence-corrected chi connectivity index (χ3v) is 4.00. The van der Waals surface area contributed by atoms with E-state index in [0.29, 0.717) is 24.6 Å². The number of anilines is 1. The van der Waals surface area contributed by atoms with Crippen molar-refractivity contribution >= 4 is 16.7 Å². The van der Waals surface area contributed by atoms with E-state index in [1.54, 1.807) is 11.8 Å². The number of pyridine rings is 1. The summed E-state index contributed by atoms with van der Waals surface area (Å²) in [7, 11) is 0. The first-order valence-corrected chi connectivity index (χ1v) is 7.67. The van der Waals surface area contributed by atoms with Gasteiger partial charge in [-0.25, -0.2) is 18.7 Å². The molecule has 0 bridgehead atoms. The molecule has 2 aromatic rings. The number of fused-ring (bicyclic) bond motifs is 1. The SMILES string of the molecule is CCc1nc(C)cc2nc(C)nc(N3CCCC(F)(F)C3)c12. The van der Waals surface area contributed by atoms with Crippen LogP contribution in [0.5, 0.6) is 0 Å². The molecule has 0 aliphatic carbocycles. The topological polar surface area (TPSA) is 41.9 Å². The van der Waals surface area contributed by atoms with E-state index >= 15 is 0 Å². The van der Waals surface area contributed by atoms with Crippen molar-refractivity contribution in [3.05, 3.63) is 23.3 Å². The highest BCUT2D eigenvalue weighted by Crippen LogP contribution is 2.33. The van der Waals surface area contributed by atoms with Gasteiger partial charge in [0, 0.05) is 18.7 Å². The van der Waals surface area contributed by atoms with Crippen molar-refractivity contribution in [2.24, 2.45) is 0 Å². The lowest BCUT2D eigenvalue weighted by Gasteiger charge is -2.34. The van der Waals surface area contributed by atoms with Gasteiger partial charge >= 0.3 is 0 Å². The number of rotatable bonds is 2. The van der Waals surface area contributed by atoms with Gasteiger partial charge in [-0.2, -0.15) is 0 Å². The van der Waals surface area contributed by atoms with Crippen molar-refractivity contribution in [2.45, 2.75) is 46.0 Å². The van der Waals surface area contributed by atoms with E-state index in [2.05, 4.69) is 15.0 Å². The lowest BCUT2D eigenvalue weighted by atomic mass is 10.1. The van der Waals surface area contributed by atoms with Crippen LogP contribution in [0, 0.1) is 13.8 Å². The van der Waals surface area contributed by atoms with Crippen LogP contribution in [0.15, 0.2) is 6.07 Å². The molecule has 1 saturated heterocycles. The normalized spacial score (nSPS) is 18.0. The van der Waals surface area contributed by atoms with Gasteiger partial charge in [0.1, 0.15) is 11.6 Å². The van der Waals surface area contributed by atoms with Crippen LogP contribution < -0.4 is 4.90 Å². The van der Waals surface area contributed by atoms with Gasteiger partial charge < -0.3 is 4.90 Å². The van der Waals surface area contributed by atoms with Gasteiger partial charge in [-0.15, -0.1) is 0 Å². The van der Waals surface area contributed by atoms with Crippen LogP contribution in [-0.4, -0.2) is 34.0 Å². The van der Waals surface area contributed by atoms with Crippen molar-refractivity contribution in [1.29, 1.82) is 0 Å². The van der Waals surface area contributed by atoms with E-state index in [9.17, 15) is 8.78 Å². The highest BCUT2D eigenvalue weighted by molar-refractivity contribution is 5.92. The predicted molar refractivity (Wildman–Crippen MR) is 82.6 cm³/mol. The second-order valence-electron chi connectivity index (χ2n) is 5.93. The first-order chi connectivity index (χ1) is 10.4. The largest absolute Gasteiger partial charge is 0.350 e. The van der Waals surface area contributed by atoms with Crippen molar-refractivity contribution in [1.82, 2.24) is 15.0 Å². The second kappa shape index (κ2) is 5.41. The summed E-state index contributed by atoms with van der Waals surface area (Å²) in [6.45, 7) is 6.04. The Labute approximate surface area is 128 Å². The zero-order chi connectivity index (χ0) is 15.9. The molecule has 0 aromatic carbocycles. The maximum Gasteiger partial charge on any atom is 0.265 e. The molecule has 0 amide bonds. The monoisotopic (exact) mass is 306 g/mol. The summed E-state index contributed by atoms with van der Waals surface area (Å²) in [4.78, 5) is 15.2. The van der Waals surface area contributed by atoms with E-state index in [0.717, 1.165) is 28.7 Å². The molecule has 6 heteroatoms. The molecule has 1 aliphatic rings. The summed E-state index contributed by atoms with van der Waals surface area (Å²) in [6.07, 6.45) is 1.14. The quantitative estimate of drug-likeness (QED) is 0.852. The summed E-state index contributed by atoms with van der Waals surface area (Å²) in [5, 5.41) is 0.816. The Morgan fingerprint density at radius 3 is 2.68 bits per heavy atom. The standard InChI is InChI=1S/C16H20F2N4/c1-4-12-14-13(8-10(2)19-12)20-11(3)21-15(14)22-7-5-6-16(17,18)9-22/h8H,4-7,9H2,1-3H3. The number of piperidine rings is 1. The number of nitrogens with zero attached hydrogens (tertiary/aromatic N) is 4. The molecule has 1 aliphatic heterocycles. The van der Waals surface area contributed by atoms with E-state index < -0.39 is 5.92 Å². The number of aromatic nitrogens is 3. The van der Waals surface area contributed by atoms with E-state index in [1.165, 1.54) is 0 Å². The number of hydrogen-bond donors (Lipinski definition) is 0. The molecule has 0 N–H and O–H groups in total. The minimum absolute atomic E-state index is 0.0521. The number of alkyl halides is 2. The Hall–Kier alpha value is -1.85. The molecule has 0 atom stereocenters. The number of hydrogen-bond acceptors (Lipinski definition) is 4. The van der Waals surface area contributed by atoms with Crippen LogP contribution in [0.25, 0.3) is 10.9 Å². The van der Waals surface area contributed by atoms with Crippen LogP contribution in [0.1, 0.15) is 37.0 Å². The van der Waals surface area contributed by atoms with Crippen molar-refractivity contribution in [2.75, 3.05) is 18.0 Å². The van der Waals surface area contributed by atoms with Gasteiger partial charge in [-0.3, -0.25) is 4.98 Å². The molecule has 0 radical (unpaired) electrons. The molecular weight excluding hydrogens is 286 g/mol. The Morgan fingerprint density at radius 1 is 1.23 bits per heavy atom. The number of halogens is 2. The molecule has 118 valence electrons. The molecule has 4 nitrogen and oxygen atoms in total. The third-order valence-electron chi connectivity index (χ3n) is 4.00. The van der Waals surface area contributed by atoms with Crippen LogP contribution in [0.4, 0.5) is 14.6 Å². The third kappa shape index (κ3) is 2.74. The fraction of sp³-hybridized carbons (Fsp3) is 0.562. The fourth-order valence-electron chi connectivity index (χ4n) is 3.09. The van der Waals surface area contributed by atoms with E-state index in [-0.39, 0.29) is 13.0 Å². The highest BCUT2D eigenvalue weighted by Gasteiger charge is 2.36. The van der Waals surface area contributed by atoms with Gasteiger partial charge in [0.15, 0.2) is 0 Å². The Morgan fingerprint density at radius 2 is 2.00 bits per heavy atom. The highest BCUT2D eigenvalue weighted by atomic mass is 19.3. The van der Waals surface area contributed by atoms with Crippen molar-refractivity contribution in [3.63, 3.8) is 0 Å². The summed E-state index contributed by atoms with van der Waals surface area (Å²) < 4.78 is 27.6. The minimum Gasteiger partial charge on any atom is -0.350 e. The molecule has 1 fully saturated rings. The van der Waals surface area contributed by atoms with Crippen LogP contribution in [-0.2, 0) is 6.42 Å². The zero-order valence-corrected chi connectivity index (χ0v) is 13.2. The molecule has 0 saturated carbocycles. The summed E-state index contributed by atoms with van der Waals surface area (Å²) in [6, 6.07) is 1.90. The molecular formula is C16H20F2N4. The average molecular weight is 306 g/mol. The van der Waals surface area contributed by atoms with Crippen molar-refractivity contribution in [3.8, 4) is 0 Å². The molecule has 0 unspecified atom stereocenters. The minimum atomic E-state index is -2.66. The fourth-order valence-corrected chi connectivity index (χ4v) is 3.09. The predicted octanol–water partition coefficient (Wildman–Crippen LogP) is 3.44. The maximum atomic E-state index is 13.8. The maximum absolute atomic E-state index is 13.8. The zero-order valence-electron chi connectivity index (χ0n) is 13.2. The average Bonchev–Trinajstić information content (AvgIpc) is 2.43. The smallest absolute Gasteiger partial charge is 0.265 e. The second-order valence-corrected chi connectivity index (χ2v) is 5.93. The van der Waals surface area contributed by atoms with Gasteiger partial charge in [0.2, 0.25) is 0 Å². The first-order valence-electron chi connectivity index (χ1n) is 7.67. The van der Waals surface area contributed by atoms with Gasteiger partial charge in [0.05, 0.1) is 23.1 Å². The Kier molecular flexibility index (Phi) is 3.70. The summed E-state index contributed by atoms with van der Waals surface area (Å²) in [5.41, 5.74) is 2.55. The van der Waals surface area contributed by atoms with E-state index in [1.807, 2.05) is 19.9 Å². The molecule has 22 heavy (non-hydrogen) atoms. The lowest BCUT2D eigenvalue weighted by molar-refractivity contribution is -0.0118. The molecule has 3 rings (SSSR count). The van der Waals surface area contributed by atoms with Gasteiger partial charge in [-0.1, -0.05) is 6.92 Å². The Bertz CT molecular complexity index is 710. The lowest BCUT2D eigenvalue weighted by Crippen LogP contribution is -2.43. The molecule has 3 heterocycles. The first kappa shape index (κ1) is 15.1. The van der Waals surface area contributed by atoms with Crippen LogP contribution in [0.2, 0.25) is 0 Å². The Balaban J connectivity index is 2.20. The van der Waals surface area contributed by atoms with Gasteiger partial charge in [0.25, 0.3) is 5.92 Å².